The van der Waals surface area contributed by atoms with Crippen LogP contribution in [0.4, 0.5) is 21.5 Å². The van der Waals surface area contributed by atoms with Crippen molar-refractivity contribution in [3.63, 3.8) is 0 Å². The highest BCUT2D eigenvalue weighted by molar-refractivity contribution is 6.07. The Hall–Kier alpha value is -3.74. The number of nitrogens with zero attached hydrogens (tertiary/aromatic N) is 2. The van der Waals surface area contributed by atoms with E-state index < -0.39 is 11.7 Å². The first-order chi connectivity index (χ1) is 13.4. The van der Waals surface area contributed by atoms with Gasteiger partial charge in [0.1, 0.15) is 5.82 Å². The van der Waals surface area contributed by atoms with Crippen molar-refractivity contribution < 1.29 is 14.0 Å². The van der Waals surface area contributed by atoms with Gasteiger partial charge in [0.05, 0.1) is 17.4 Å². The van der Waals surface area contributed by atoms with E-state index in [2.05, 4.69) is 15.6 Å². The van der Waals surface area contributed by atoms with Gasteiger partial charge in [0.2, 0.25) is 0 Å². The maximum Gasteiger partial charge on any atom is 0.258 e. The largest absolute Gasteiger partial charge is 0.378 e. The molecule has 0 unspecified atom stereocenters. The molecule has 0 aliphatic rings. The van der Waals surface area contributed by atoms with Gasteiger partial charge in [-0.25, -0.2) is 4.39 Å². The zero-order chi connectivity index (χ0) is 20.1. The predicted molar refractivity (Wildman–Crippen MR) is 107 cm³/mol. The summed E-state index contributed by atoms with van der Waals surface area (Å²) in [5, 5.41) is 5.27. The molecule has 0 atom stereocenters. The highest BCUT2D eigenvalue weighted by atomic mass is 19.1. The monoisotopic (exact) mass is 378 g/mol. The minimum Gasteiger partial charge on any atom is -0.378 e. The molecule has 3 rings (SSSR count). The number of carbonyl (C=O) groups excluding carboxylic acids is 2. The Morgan fingerprint density at radius 1 is 0.929 bits per heavy atom. The van der Waals surface area contributed by atoms with Gasteiger partial charge < -0.3 is 15.5 Å². The van der Waals surface area contributed by atoms with Crippen LogP contribution in [0.15, 0.2) is 67.0 Å². The zero-order valence-corrected chi connectivity index (χ0v) is 15.4. The normalized spacial score (nSPS) is 10.2. The summed E-state index contributed by atoms with van der Waals surface area (Å²) in [6.07, 6.45) is 3.02. The number of pyridine rings is 1. The van der Waals surface area contributed by atoms with Crippen LogP contribution in [0, 0.1) is 5.82 Å². The minimum atomic E-state index is -0.686. The van der Waals surface area contributed by atoms with E-state index in [0.717, 1.165) is 11.8 Å². The number of aromatic nitrogens is 1. The second-order valence-corrected chi connectivity index (χ2v) is 6.29. The average molecular weight is 378 g/mol. The zero-order valence-electron chi connectivity index (χ0n) is 15.4. The number of halogens is 1. The molecule has 7 heteroatoms. The number of benzene rings is 2. The first-order valence-corrected chi connectivity index (χ1v) is 8.54. The fraction of sp³-hybridized carbons (Fsp3) is 0.0952. The lowest BCUT2D eigenvalue weighted by atomic mass is 10.1. The van der Waals surface area contributed by atoms with E-state index in [-0.39, 0.29) is 11.5 Å². The molecule has 0 spiro atoms. The summed E-state index contributed by atoms with van der Waals surface area (Å²) in [6.45, 7) is 0. The van der Waals surface area contributed by atoms with Gasteiger partial charge in [-0.1, -0.05) is 6.07 Å². The second-order valence-electron chi connectivity index (χ2n) is 6.29. The van der Waals surface area contributed by atoms with Gasteiger partial charge in [0, 0.05) is 37.2 Å². The molecule has 2 amide bonds. The van der Waals surface area contributed by atoms with Gasteiger partial charge in [-0.15, -0.1) is 0 Å². The summed E-state index contributed by atoms with van der Waals surface area (Å²) in [7, 11) is 3.76. The molecule has 1 aromatic heterocycles. The van der Waals surface area contributed by atoms with E-state index >= 15 is 0 Å². The van der Waals surface area contributed by atoms with Crippen molar-refractivity contribution in [3.05, 3.63) is 83.9 Å². The standard InChI is InChI=1S/C21H19FN4O2/c1-26(2)17-7-3-5-14(11-17)20(27)24-15-8-9-19(22)18(12-15)21(28)25-16-6-4-10-23-13-16/h3-13H,1-2H3,(H,24,27)(H,25,28). The fourth-order valence-corrected chi connectivity index (χ4v) is 2.54. The van der Waals surface area contributed by atoms with Crippen LogP contribution < -0.4 is 15.5 Å². The van der Waals surface area contributed by atoms with Crippen molar-refractivity contribution in [2.45, 2.75) is 0 Å². The van der Waals surface area contributed by atoms with Crippen molar-refractivity contribution in [1.82, 2.24) is 4.98 Å². The summed E-state index contributed by atoms with van der Waals surface area (Å²) in [5.41, 5.74) is 1.92. The number of anilines is 3. The summed E-state index contributed by atoms with van der Waals surface area (Å²) in [6, 6.07) is 14.2. The SMILES string of the molecule is CN(C)c1cccc(C(=O)Nc2ccc(F)c(C(=O)Nc3cccnc3)c2)c1. The van der Waals surface area contributed by atoms with Gasteiger partial charge in [0.25, 0.3) is 11.8 Å². The lowest BCUT2D eigenvalue weighted by Gasteiger charge is -2.14. The van der Waals surface area contributed by atoms with Crippen LogP contribution >= 0.6 is 0 Å². The number of hydrogen-bond donors (Lipinski definition) is 2. The summed E-state index contributed by atoms with van der Waals surface area (Å²) >= 11 is 0. The van der Waals surface area contributed by atoms with E-state index in [4.69, 9.17) is 0 Å². The third-order valence-corrected chi connectivity index (χ3v) is 4.01. The molecule has 0 saturated heterocycles. The molecule has 0 radical (unpaired) electrons. The number of rotatable bonds is 5. The molecule has 2 N–H and O–H groups in total. The maximum atomic E-state index is 14.1. The molecule has 2 aromatic carbocycles. The molecule has 3 aromatic rings. The predicted octanol–water partition coefficient (Wildman–Crippen LogP) is 3.79. The van der Waals surface area contributed by atoms with E-state index in [1.54, 1.807) is 36.5 Å². The van der Waals surface area contributed by atoms with Crippen LogP contribution in [0.25, 0.3) is 0 Å². The molecule has 0 saturated carbocycles. The Morgan fingerprint density at radius 3 is 2.43 bits per heavy atom. The smallest absolute Gasteiger partial charge is 0.258 e. The summed E-state index contributed by atoms with van der Waals surface area (Å²) in [5.74, 6) is -1.67. The van der Waals surface area contributed by atoms with Crippen LogP contribution in [-0.2, 0) is 0 Å². The Bertz CT molecular complexity index is 1010. The van der Waals surface area contributed by atoms with E-state index in [9.17, 15) is 14.0 Å². The molecule has 1 heterocycles. The summed E-state index contributed by atoms with van der Waals surface area (Å²) < 4.78 is 14.1. The van der Waals surface area contributed by atoms with Gasteiger partial charge >= 0.3 is 0 Å². The van der Waals surface area contributed by atoms with E-state index in [1.807, 2.05) is 25.1 Å². The third kappa shape index (κ3) is 4.50. The van der Waals surface area contributed by atoms with Crippen molar-refractivity contribution in [2.75, 3.05) is 29.6 Å². The third-order valence-electron chi connectivity index (χ3n) is 4.01. The molecular weight excluding hydrogens is 359 g/mol. The number of nitrogens with one attached hydrogen (secondary N) is 2. The Morgan fingerprint density at radius 2 is 1.71 bits per heavy atom. The lowest BCUT2D eigenvalue weighted by Crippen LogP contribution is -2.16. The number of hydrogen-bond acceptors (Lipinski definition) is 4. The van der Waals surface area contributed by atoms with Crippen LogP contribution in [0.2, 0.25) is 0 Å². The van der Waals surface area contributed by atoms with Crippen LogP contribution in [0.1, 0.15) is 20.7 Å². The first-order valence-electron chi connectivity index (χ1n) is 8.54. The van der Waals surface area contributed by atoms with Crippen LogP contribution in [0.3, 0.4) is 0 Å². The summed E-state index contributed by atoms with van der Waals surface area (Å²) in [4.78, 5) is 30.7. The topological polar surface area (TPSA) is 74.3 Å². The van der Waals surface area contributed by atoms with Crippen molar-refractivity contribution in [1.29, 1.82) is 0 Å². The quantitative estimate of drug-likeness (QED) is 0.708. The van der Waals surface area contributed by atoms with Crippen LogP contribution in [0.5, 0.6) is 0 Å². The lowest BCUT2D eigenvalue weighted by molar-refractivity contribution is 0.101. The maximum absolute atomic E-state index is 14.1. The van der Waals surface area contributed by atoms with Gasteiger partial charge in [0.15, 0.2) is 0 Å². The van der Waals surface area contributed by atoms with Gasteiger partial charge in [-0.05, 0) is 48.5 Å². The first kappa shape index (κ1) is 19.0. The molecule has 0 fully saturated rings. The van der Waals surface area contributed by atoms with Crippen molar-refractivity contribution in [2.24, 2.45) is 0 Å². The average Bonchev–Trinajstić information content (AvgIpc) is 2.70. The molecule has 0 aliphatic heterocycles. The Labute approximate surface area is 162 Å². The molecule has 6 nitrogen and oxygen atoms in total. The Kier molecular flexibility index (Phi) is 5.64. The molecule has 0 aliphatic carbocycles. The second kappa shape index (κ2) is 8.30. The van der Waals surface area contributed by atoms with Gasteiger partial charge in [-0.2, -0.15) is 0 Å². The fourth-order valence-electron chi connectivity index (χ4n) is 2.54. The highest BCUT2D eigenvalue weighted by Crippen LogP contribution is 2.19. The van der Waals surface area contributed by atoms with Crippen molar-refractivity contribution in [3.8, 4) is 0 Å². The van der Waals surface area contributed by atoms with Gasteiger partial charge in [-0.3, -0.25) is 14.6 Å². The van der Waals surface area contributed by atoms with Crippen LogP contribution in [-0.4, -0.2) is 30.9 Å². The highest BCUT2D eigenvalue weighted by Gasteiger charge is 2.15. The molecular formula is C21H19FN4O2. The van der Waals surface area contributed by atoms with Crippen molar-refractivity contribution >= 4 is 28.9 Å². The molecule has 28 heavy (non-hydrogen) atoms. The minimum absolute atomic E-state index is 0.177. The van der Waals surface area contributed by atoms with E-state index in [0.29, 0.717) is 16.9 Å². The Balaban J connectivity index is 1.78. The molecule has 142 valence electrons. The number of amides is 2. The molecule has 0 bridgehead atoms. The van der Waals surface area contributed by atoms with E-state index in [1.165, 1.54) is 18.3 Å². The number of carbonyl (C=O) groups is 2.